The first-order chi connectivity index (χ1) is 4.52. The molecular weight excluding hydrogens is 160 g/mol. The summed E-state index contributed by atoms with van der Waals surface area (Å²) in [5.74, 6) is -0.523. The SMILES string of the molecule is CC(=O)O[C@@H](C)OC(=O)Cl. The molecule has 4 nitrogen and oxygen atoms in total. The lowest BCUT2D eigenvalue weighted by molar-refractivity contribution is -0.160. The van der Waals surface area contributed by atoms with Crippen LogP contribution in [0.15, 0.2) is 0 Å². The quantitative estimate of drug-likeness (QED) is 0.352. The van der Waals surface area contributed by atoms with E-state index in [2.05, 4.69) is 9.47 Å². The third kappa shape index (κ3) is 5.37. The molecule has 0 saturated carbocycles. The van der Waals surface area contributed by atoms with Gasteiger partial charge in [-0.3, -0.25) is 4.79 Å². The van der Waals surface area contributed by atoms with Crippen molar-refractivity contribution in [3.8, 4) is 0 Å². The van der Waals surface area contributed by atoms with Crippen molar-refractivity contribution in [2.75, 3.05) is 0 Å². The molecule has 0 aliphatic rings. The van der Waals surface area contributed by atoms with Crippen LogP contribution in [-0.4, -0.2) is 17.7 Å². The summed E-state index contributed by atoms with van der Waals surface area (Å²) in [7, 11) is 0. The molecular formula is C5H7ClO4. The molecule has 0 aliphatic heterocycles. The molecule has 0 fully saturated rings. The van der Waals surface area contributed by atoms with Crippen LogP contribution in [-0.2, 0) is 14.3 Å². The fraction of sp³-hybridized carbons (Fsp3) is 0.600. The third-order valence-corrected chi connectivity index (χ3v) is 0.680. The first-order valence-corrected chi connectivity index (χ1v) is 2.93. The van der Waals surface area contributed by atoms with E-state index in [0.29, 0.717) is 0 Å². The third-order valence-electron chi connectivity index (χ3n) is 0.591. The maximum Gasteiger partial charge on any atom is 0.406 e. The predicted molar refractivity (Wildman–Crippen MR) is 33.6 cm³/mol. The first kappa shape index (κ1) is 9.23. The van der Waals surface area contributed by atoms with E-state index >= 15 is 0 Å². The fourth-order valence-corrected chi connectivity index (χ4v) is 0.514. The molecule has 0 aromatic rings. The first-order valence-electron chi connectivity index (χ1n) is 2.55. The molecule has 0 heterocycles. The van der Waals surface area contributed by atoms with Crippen LogP contribution < -0.4 is 0 Å². The second-order valence-electron chi connectivity index (χ2n) is 1.53. The largest absolute Gasteiger partial charge is 0.426 e. The van der Waals surface area contributed by atoms with Crippen molar-refractivity contribution >= 4 is 23.0 Å². The molecule has 0 spiro atoms. The van der Waals surface area contributed by atoms with Crippen molar-refractivity contribution in [2.45, 2.75) is 20.1 Å². The van der Waals surface area contributed by atoms with Gasteiger partial charge < -0.3 is 9.47 Å². The summed E-state index contributed by atoms with van der Waals surface area (Å²) >= 11 is 4.80. The molecule has 0 unspecified atom stereocenters. The van der Waals surface area contributed by atoms with Gasteiger partial charge in [-0.25, -0.2) is 4.79 Å². The van der Waals surface area contributed by atoms with Crippen molar-refractivity contribution < 1.29 is 19.1 Å². The zero-order valence-electron chi connectivity index (χ0n) is 5.59. The molecule has 1 atom stereocenters. The molecule has 0 N–H and O–H groups in total. The van der Waals surface area contributed by atoms with Crippen LogP contribution in [0.1, 0.15) is 13.8 Å². The Morgan fingerprint density at radius 3 is 2.20 bits per heavy atom. The van der Waals surface area contributed by atoms with E-state index in [1.165, 1.54) is 13.8 Å². The number of carbonyl (C=O) groups is 2. The molecule has 0 bridgehead atoms. The molecule has 58 valence electrons. The lowest BCUT2D eigenvalue weighted by atomic mass is 10.7. The summed E-state index contributed by atoms with van der Waals surface area (Å²) in [5.41, 5.74) is -0.992. The monoisotopic (exact) mass is 166 g/mol. The lowest BCUT2D eigenvalue weighted by Crippen LogP contribution is -2.16. The van der Waals surface area contributed by atoms with Gasteiger partial charge in [-0.2, -0.15) is 0 Å². The summed E-state index contributed by atoms with van der Waals surface area (Å²) in [6.07, 6.45) is -0.914. The Hall–Kier alpha value is -0.770. The number of ether oxygens (including phenoxy) is 2. The summed E-state index contributed by atoms with van der Waals surface area (Å²) < 4.78 is 8.64. The van der Waals surface area contributed by atoms with Gasteiger partial charge in [0.15, 0.2) is 0 Å². The van der Waals surface area contributed by atoms with Gasteiger partial charge >= 0.3 is 11.4 Å². The summed E-state index contributed by atoms with van der Waals surface area (Å²) in [6.45, 7) is 2.60. The van der Waals surface area contributed by atoms with Crippen molar-refractivity contribution in [3.63, 3.8) is 0 Å². The highest BCUT2D eigenvalue weighted by Crippen LogP contribution is 1.97. The number of hydrogen-bond acceptors (Lipinski definition) is 4. The Labute approximate surface area is 63.1 Å². The summed E-state index contributed by atoms with van der Waals surface area (Å²) in [5, 5.41) is 0. The van der Waals surface area contributed by atoms with E-state index < -0.39 is 17.7 Å². The molecule has 0 amide bonds. The van der Waals surface area contributed by atoms with E-state index in [-0.39, 0.29) is 0 Å². The number of carbonyl (C=O) groups excluding carboxylic acids is 2. The second-order valence-corrected chi connectivity index (χ2v) is 1.84. The van der Waals surface area contributed by atoms with Crippen LogP contribution in [0.5, 0.6) is 0 Å². The minimum Gasteiger partial charge on any atom is -0.426 e. The highest BCUT2D eigenvalue weighted by atomic mass is 35.5. The van der Waals surface area contributed by atoms with Gasteiger partial charge in [-0.05, 0) is 0 Å². The number of halogens is 1. The van der Waals surface area contributed by atoms with Crippen molar-refractivity contribution in [1.29, 1.82) is 0 Å². The average Bonchev–Trinajstić information content (AvgIpc) is 1.58. The van der Waals surface area contributed by atoms with Gasteiger partial charge in [0.25, 0.3) is 0 Å². The normalized spacial score (nSPS) is 11.9. The van der Waals surface area contributed by atoms with Gasteiger partial charge in [-0.1, -0.05) is 0 Å². The van der Waals surface area contributed by atoms with Gasteiger partial charge in [-0.15, -0.1) is 0 Å². The topological polar surface area (TPSA) is 52.6 Å². The van der Waals surface area contributed by atoms with Gasteiger partial charge in [0.05, 0.1) is 0 Å². The second kappa shape index (κ2) is 4.11. The zero-order chi connectivity index (χ0) is 8.15. The Balaban J connectivity index is 3.53. The molecule has 0 saturated heterocycles. The van der Waals surface area contributed by atoms with Crippen LogP contribution in [0.3, 0.4) is 0 Å². The van der Waals surface area contributed by atoms with E-state index in [1.54, 1.807) is 0 Å². The van der Waals surface area contributed by atoms with Crippen LogP contribution in [0.2, 0.25) is 0 Å². The standard InChI is InChI=1S/C5H7ClO4/c1-3(7)9-4(2)10-5(6)8/h4H,1-2H3/t4-/m1/s1. The van der Waals surface area contributed by atoms with Crippen LogP contribution >= 0.6 is 11.6 Å². The van der Waals surface area contributed by atoms with Crippen LogP contribution in [0, 0.1) is 0 Å². The van der Waals surface area contributed by atoms with Crippen molar-refractivity contribution in [3.05, 3.63) is 0 Å². The van der Waals surface area contributed by atoms with Crippen LogP contribution in [0.4, 0.5) is 4.79 Å². The van der Waals surface area contributed by atoms with Gasteiger partial charge in [0, 0.05) is 25.4 Å². The summed E-state index contributed by atoms with van der Waals surface area (Å²) in [6, 6.07) is 0. The highest BCUT2D eigenvalue weighted by Gasteiger charge is 2.07. The zero-order valence-corrected chi connectivity index (χ0v) is 6.34. The van der Waals surface area contributed by atoms with Crippen LogP contribution in [0.25, 0.3) is 0 Å². The fourth-order valence-electron chi connectivity index (χ4n) is 0.388. The van der Waals surface area contributed by atoms with Gasteiger partial charge in [0.1, 0.15) is 0 Å². The smallest absolute Gasteiger partial charge is 0.406 e. The molecule has 0 aliphatic carbocycles. The lowest BCUT2D eigenvalue weighted by Gasteiger charge is -2.09. The van der Waals surface area contributed by atoms with Gasteiger partial charge in [0.2, 0.25) is 6.29 Å². The molecule has 10 heavy (non-hydrogen) atoms. The van der Waals surface area contributed by atoms with E-state index in [9.17, 15) is 9.59 Å². The Morgan fingerprint density at radius 1 is 1.40 bits per heavy atom. The Bertz CT molecular complexity index is 129. The maximum absolute atomic E-state index is 10.2. The minimum absolute atomic E-state index is 0.523. The Morgan fingerprint density at radius 2 is 1.90 bits per heavy atom. The number of esters is 1. The number of hydrogen-bond donors (Lipinski definition) is 0. The Kier molecular flexibility index (Phi) is 3.79. The van der Waals surface area contributed by atoms with Crippen molar-refractivity contribution in [2.24, 2.45) is 0 Å². The maximum atomic E-state index is 10.2. The van der Waals surface area contributed by atoms with E-state index in [4.69, 9.17) is 11.6 Å². The molecule has 0 aromatic carbocycles. The van der Waals surface area contributed by atoms with E-state index in [1.807, 2.05) is 0 Å². The predicted octanol–water partition coefficient (Wildman–Crippen LogP) is 1.27. The van der Waals surface area contributed by atoms with E-state index in [0.717, 1.165) is 0 Å². The molecule has 0 radical (unpaired) electrons. The molecule has 5 heteroatoms. The molecule has 0 rings (SSSR count). The average molecular weight is 167 g/mol. The van der Waals surface area contributed by atoms with Crippen molar-refractivity contribution in [1.82, 2.24) is 0 Å². The summed E-state index contributed by atoms with van der Waals surface area (Å²) in [4.78, 5) is 20.2. The highest BCUT2D eigenvalue weighted by molar-refractivity contribution is 6.61. The minimum atomic E-state index is -0.992. The molecule has 0 aromatic heterocycles. The number of rotatable bonds is 2.